The molecule has 5 nitrogen and oxygen atoms in total. The SMILES string of the molecule is CCN(CC(=O)NCc1ccc(F)cc1)C(C)C(=O)Nc1cccc2ccccc12. The van der Waals surface area contributed by atoms with Crippen molar-refractivity contribution in [1.82, 2.24) is 10.2 Å². The highest BCUT2D eigenvalue weighted by Gasteiger charge is 2.22. The molecule has 1 unspecified atom stereocenters. The Labute approximate surface area is 175 Å². The van der Waals surface area contributed by atoms with Crippen LogP contribution in [0.25, 0.3) is 10.8 Å². The van der Waals surface area contributed by atoms with E-state index in [2.05, 4.69) is 10.6 Å². The molecule has 156 valence electrons. The van der Waals surface area contributed by atoms with E-state index >= 15 is 0 Å². The minimum absolute atomic E-state index is 0.0990. The second kappa shape index (κ2) is 9.98. The molecule has 0 aliphatic rings. The first-order valence-electron chi connectivity index (χ1n) is 10.0. The molecule has 3 aromatic rings. The fraction of sp³-hybridized carbons (Fsp3) is 0.250. The zero-order valence-corrected chi connectivity index (χ0v) is 17.2. The van der Waals surface area contributed by atoms with Gasteiger partial charge in [-0.15, -0.1) is 0 Å². The van der Waals surface area contributed by atoms with Gasteiger partial charge in [0.05, 0.1) is 12.6 Å². The molecule has 0 saturated heterocycles. The summed E-state index contributed by atoms with van der Waals surface area (Å²) in [7, 11) is 0. The lowest BCUT2D eigenvalue weighted by Crippen LogP contribution is -2.46. The largest absolute Gasteiger partial charge is 0.351 e. The van der Waals surface area contributed by atoms with Crippen LogP contribution in [0.2, 0.25) is 0 Å². The Hall–Kier alpha value is -3.25. The second-order valence-electron chi connectivity index (χ2n) is 7.16. The molecule has 2 amide bonds. The van der Waals surface area contributed by atoms with Crippen molar-refractivity contribution in [1.29, 1.82) is 0 Å². The topological polar surface area (TPSA) is 61.4 Å². The van der Waals surface area contributed by atoms with Crippen molar-refractivity contribution < 1.29 is 14.0 Å². The number of carbonyl (C=O) groups excluding carboxylic acids is 2. The maximum atomic E-state index is 13.0. The average molecular weight is 407 g/mol. The zero-order valence-electron chi connectivity index (χ0n) is 17.2. The van der Waals surface area contributed by atoms with Gasteiger partial charge in [-0.2, -0.15) is 0 Å². The van der Waals surface area contributed by atoms with Crippen LogP contribution in [0.4, 0.5) is 10.1 Å². The molecule has 1 atom stereocenters. The standard InChI is InChI=1S/C24H26FN3O2/c1-3-28(16-23(29)26-15-18-11-13-20(25)14-12-18)17(2)24(30)27-22-10-6-8-19-7-4-5-9-21(19)22/h4-14,17H,3,15-16H2,1-2H3,(H,26,29)(H,27,30). The number of fused-ring (bicyclic) bond motifs is 1. The number of amides is 2. The monoisotopic (exact) mass is 407 g/mol. The molecular formula is C24H26FN3O2. The Morgan fingerprint density at radius 3 is 2.43 bits per heavy atom. The number of carbonyl (C=O) groups is 2. The van der Waals surface area contributed by atoms with Gasteiger partial charge in [-0.25, -0.2) is 4.39 Å². The van der Waals surface area contributed by atoms with Crippen molar-refractivity contribution in [2.45, 2.75) is 26.4 Å². The van der Waals surface area contributed by atoms with Crippen molar-refractivity contribution in [3.05, 3.63) is 78.1 Å². The molecule has 0 bridgehead atoms. The normalized spacial score (nSPS) is 12.0. The van der Waals surface area contributed by atoms with Crippen LogP contribution in [0.5, 0.6) is 0 Å². The van der Waals surface area contributed by atoms with Gasteiger partial charge in [0.15, 0.2) is 0 Å². The lowest BCUT2D eigenvalue weighted by Gasteiger charge is -2.26. The Morgan fingerprint density at radius 2 is 1.70 bits per heavy atom. The number of benzene rings is 3. The first kappa shape index (κ1) is 21.5. The average Bonchev–Trinajstić information content (AvgIpc) is 2.77. The van der Waals surface area contributed by atoms with E-state index in [1.807, 2.05) is 49.4 Å². The molecule has 0 aromatic heterocycles. The maximum absolute atomic E-state index is 13.0. The highest BCUT2D eigenvalue weighted by molar-refractivity contribution is 6.03. The van der Waals surface area contributed by atoms with Gasteiger partial charge in [0, 0.05) is 17.6 Å². The van der Waals surface area contributed by atoms with Crippen LogP contribution in [0.15, 0.2) is 66.7 Å². The van der Waals surface area contributed by atoms with Gasteiger partial charge in [-0.05, 0) is 42.6 Å². The third-order valence-corrected chi connectivity index (χ3v) is 5.13. The fourth-order valence-electron chi connectivity index (χ4n) is 3.30. The quantitative estimate of drug-likeness (QED) is 0.595. The van der Waals surface area contributed by atoms with Crippen LogP contribution >= 0.6 is 0 Å². The van der Waals surface area contributed by atoms with Gasteiger partial charge in [0.1, 0.15) is 5.82 Å². The Morgan fingerprint density at radius 1 is 1.00 bits per heavy atom. The van der Waals surface area contributed by atoms with Crippen LogP contribution in [0, 0.1) is 5.82 Å². The lowest BCUT2D eigenvalue weighted by atomic mass is 10.1. The van der Waals surface area contributed by atoms with Gasteiger partial charge < -0.3 is 10.6 Å². The van der Waals surface area contributed by atoms with E-state index in [9.17, 15) is 14.0 Å². The van der Waals surface area contributed by atoms with Crippen molar-refractivity contribution in [2.75, 3.05) is 18.4 Å². The molecule has 0 aliphatic carbocycles. The minimum Gasteiger partial charge on any atom is -0.351 e. The second-order valence-corrected chi connectivity index (χ2v) is 7.16. The number of nitrogens with one attached hydrogen (secondary N) is 2. The summed E-state index contributed by atoms with van der Waals surface area (Å²) in [6.45, 7) is 4.66. The van der Waals surface area contributed by atoms with E-state index in [0.717, 1.165) is 22.0 Å². The van der Waals surface area contributed by atoms with Crippen LogP contribution in [-0.2, 0) is 16.1 Å². The first-order valence-corrected chi connectivity index (χ1v) is 10.0. The molecule has 0 aliphatic heterocycles. The number of anilines is 1. The third kappa shape index (κ3) is 5.42. The Kier molecular flexibility index (Phi) is 7.14. The molecule has 30 heavy (non-hydrogen) atoms. The van der Waals surface area contributed by atoms with Crippen LogP contribution in [0.1, 0.15) is 19.4 Å². The summed E-state index contributed by atoms with van der Waals surface area (Å²) in [5.41, 5.74) is 1.57. The molecule has 0 spiro atoms. The minimum atomic E-state index is -0.481. The van der Waals surface area contributed by atoms with Gasteiger partial charge in [0.25, 0.3) is 0 Å². The Balaban J connectivity index is 1.58. The highest BCUT2D eigenvalue weighted by Crippen LogP contribution is 2.23. The molecular weight excluding hydrogens is 381 g/mol. The van der Waals surface area contributed by atoms with Gasteiger partial charge >= 0.3 is 0 Å². The summed E-state index contributed by atoms with van der Waals surface area (Å²) in [5.74, 6) is -0.668. The van der Waals surface area contributed by atoms with Gasteiger partial charge in [-0.1, -0.05) is 55.5 Å². The predicted octanol–water partition coefficient (Wildman–Crippen LogP) is 3.94. The number of nitrogens with zero attached hydrogens (tertiary/aromatic N) is 1. The van der Waals surface area contributed by atoms with E-state index in [1.165, 1.54) is 12.1 Å². The summed E-state index contributed by atoms with van der Waals surface area (Å²) in [6, 6.07) is 19.1. The predicted molar refractivity (Wildman–Crippen MR) is 118 cm³/mol. The summed E-state index contributed by atoms with van der Waals surface area (Å²) < 4.78 is 13.0. The number of hydrogen-bond acceptors (Lipinski definition) is 3. The van der Waals surface area contributed by atoms with E-state index in [4.69, 9.17) is 0 Å². The van der Waals surface area contributed by atoms with Crippen molar-refractivity contribution in [2.24, 2.45) is 0 Å². The van der Waals surface area contributed by atoms with E-state index in [1.54, 1.807) is 24.0 Å². The summed E-state index contributed by atoms with van der Waals surface area (Å²) in [4.78, 5) is 27.0. The van der Waals surface area contributed by atoms with Gasteiger partial charge in [-0.3, -0.25) is 14.5 Å². The maximum Gasteiger partial charge on any atom is 0.241 e. The van der Waals surface area contributed by atoms with Crippen molar-refractivity contribution in [3.63, 3.8) is 0 Å². The molecule has 0 fully saturated rings. The summed E-state index contributed by atoms with van der Waals surface area (Å²) >= 11 is 0. The molecule has 3 aromatic carbocycles. The Bertz CT molecular complexity index is 1020. The highest BCUT2D eigenvalue weighted by atomic mass is 19.1. The smallest absolute Gasteiger partial charge is 0.241 e. The van der Waals surface area contributed by atoms with Crippen LogP contribution in [-0.4, -0.2) is 35.8 Å². The zero-order chi connectivity index (χ0) is 21.5. The number of rotatable bonds is 8. The summed E-state index contributed by atoms with van der Waals surface area (Å²) in [5, 5.41) is 7.83. The molecule has 3 rings (SSSR count). The van der Waals surface area contributed by atoms with Crippen LogP contribution < -0.4 is 10.6 Å². The molecule has 0 radical (unpaired) electrons. The first-order chi connectivity index (χ1) is 14.5. The molecule has 2 N–H and O–H groups in total. The molecule has 0 heterocycles. The lowest BCUT2D eigenvalue weighted by molar-refractivity contribution is -0.125. The van der Waals surface area contributed by atoms with Crippen molar-refractivity contribution in [3.8, 4) is 0 Å². The summed E-state index contributed by atoms with van der Waals surface area (Å²) in [6.07, 6.45) is 0. The van der Waals surface area contributed by atoms with E-state index < -0.39 is 6.04 Å². The molecule has 6 heteroatoms. The van der Waals surface area contributed by atoms with Crippen molar-refractivity contribution >= 4 is 28.3 Å². The van der Waals surface area contributed by atoms with Crippen LogP contribution in [0.3, 0.4) is 0 Å². The number of hydrogen-bond donors (Lipinski definition) is 2. The van der Waals surface area contributed by atoms with E-state index in [0.29, 0.717) is 13.1 Å². The number of likely N-dealkylation sites (N-methyl/N-ethyl adjacent to an activating group) is 1. The number of halogens is 1. The molecule has 0 saturated carbocycles. The third-order valence-electron chi connectivity index (χ3n) is 5.13. The fourth-order valence-corrected chi connectivity index (χ4v) is 3.30. The van der Waals surface area contributed by atoms with E-state index in [-0.39, 0.29) is 24.2 Å². The van der Waals surface area contributed by atoms with Gasteiger partial charge in [0.2, 0.25) is 11.8 Å².